The zero-order chi connectivity index (χ0) is 50.9. The number of benzene rings is 12. The third-order valence-electron chi connectivity index (χ3n) is 17.2. The normalized spacial score (nSPS) is 14.4. The average Bonchev–Trinajstić information content (AvgIpc) is 4.15. The molecular formula is C70H44N4O2. The highest BCUT2D eigenvalue weighted by molar-refractivity contribution is 6.28. The van der Waals surface area contributed by atoms with Gasteiger partial charge in [0.05, 0.1) is 57.4 Å². The van der Waals surface area contributed by atoms with Crippen LogP contribution in [0, 0.1) is 22.7 Å². The van der Waals surface area contributed by atoms with E-state index in [9.17, 15) is 10.5 Å². The lowest BCUT2D eigenvalue weighted by Crippen LogP contribution is -2.31. The number of furan rings is 2. The van der Waals surface area contributed by atoms with E-state index in [1.165, 1.54) is 11.1 Å². The van der Waals surface area contributed by atoms with Crippen molar-refractivity contribution in [3.05, 3.63) is 228 Å². The average molecular weight is 973 g/mol. The highest BCUT2D eigenvalue weighted by Gasteiger charge is 2.42. The number of fused-ring (bicyclic) bond motifs is 21. The molecule has 12 aromatic carbocycles. The van der Waals surface area contributed by atoms with Crippen molar-refractivity contribution in [3.8, 4) is 12.1 Å². The maximum atomic E-state index is 10.7. The quantitative estimate of drug-likeness (QED) is 0.161. The van der Waals surface area contributed by atoms with Gasteiger partial charge in [-0.2, -0.15) is 10.5 Å². The van der Waals surface area contributed by atoms with Crippen LogP contribution in [-0.4, -0.2) is 0 Å². The minimum absolute atomic E-state index is 0.397. The molecule has 0 unspecified atom stereocenters. The summed E-state index contributed by atoms with van der Waals surface area (Å²) in [6.07, 6.45) is 0. The maximum absolute atomic E-state index is 10.7. The molecule has 0 amide bonds. The molecule has 0 spiro atoms. The van der Waals surface area contributed by atoms with Gasteiger partial charge in [-0.1, -0.05) is 161 Å². The number of hydrogen-bond donors (Lipinski definition) is 0. The molecule has 0 aliphatic carbocycles. The third kappa shape index (κ3) is 5.47. The maximum Gasteiger partial charge on any atom is 0.159 e. The molecule has 2 aromatic heterocycles. The van der Waals surface area contributed by atoms with E-state index in [0.717, 1.165) is 143 Å². The van der Waals surface area contributed by atoms with Crippen LogP contribution in [0.2, 0.25) is 0 Å². The summed E-state index contributed by atoms with van der Waals surface area (Å²) in [4.78, 5) is 4.80. The summed E-state index contributed by atoms with van der Waals surface area (Å²) in [6.45, 7) is 9.22. The molecule has 0 saturated heterocycles. The van der Waals surface area contributed by atoms with Gasteiger partial charge in [0.15, 0.2) is 11.2 Å². The van der Waals surface area contributed by atoms with E-state index in [2.05, 4.69) is 232 Å². The molecule has 2 aliphatic rings. The first-order valence-corrected chi connectivity index (χ1v) is 25.9. The van der Waals surface area contributed by atoms with Crippen molar-refractivity contribution in [2.45, 2.75) is 38.5 Å². The van der Waals surface area contributed by atoms with E-state index < -0.39 is 10.8 Å². The van der Waals surface area contributed by atoms with Crippen molar-refractivity contribution in [2.24, 2.45) is 0 Å². The topological polar surface area (TPSA) is 80.3 Å². The van der Waals surface area contributed by atoms with Gasteiger partial charge in [0, 0.05) is 43.1 Å². The number of nitrogens with zero attached hydrogens (tertiary/aromatic N) is 4. The summed E-state index contributed by atoms with van der Waals surface area (Å²) in [5.74, 6) is 0. The SMILES string of the molecule is CC1(C)c2ccccc2N(c2cc3c4ccc(C#N)cc4c(N4c5ccccc5C(C)(C)c5ccc6c(oc7ccc8ccccc8c76)c54)cc3c3ccc(C#N)cc23)c2c1ccc1c2oc2ccc3ccccc3c21. The molecule has 356 valence electrons. The van der Waals surface area contributed by atoms with Gasteiger partial charge >= 0.3 is 0 Å². The Morgan fingerprint density at radius 1 is 0.342 bits per heavy atom. The molecule has 4 heterocycles. The van der Waals surface area contributed by atoms with Crippen LogP contribution in [0.3, 0.4) is 0 Å². The van der Waals surface area contributed by atoms with Gasteiger partial charge in [0.1, 0.15) is 11.2 Å². The van der Waals surface area contributed by atoms with E-state index in [-0.39, 0.29) is 0 Å². The zero-order valence-corrected chi connectivity index (χ0v) is 42.1. The molecule has 2 aliphatic heterocycles. The number of para-hydroxylation sites is 2. The van der Waals surface area contributed by atoms with Crippen molar-refractivity contribution in [2.75, 3.05) is 9.80 Å². The molecule has 16 rings (SSSR count). The lowest BCUT2D eigenvalue weighted by atomic mass is 9.73. The number of rotatable bonds is 2. The summed E-state index contributed by atoms with van der Waals surface area (Å²) in [6, 6.07) is 73.9. The van der Waals surface area contributed by atoms with Crippen molar-refractivity contribution in [1.29, 1.82) is 10.5 Å². The minimum Gasteiger partial charge on any atom is -0.454 e. The Hall–Kier alpha value is -9.88. The fourth-order valence-corrected chi connectivity index (χ4v) is 13.6. The van der Waals surface area contributed by atoms with Crippen LogP contribution in [0.4, 0.5) is 34.1 Å². The van der Waals surface area contributed by atoms with Crippen LogP contribution in [0.5, 0.6) is 0 Å². The summed E-state index contributed by atoms with van der Waals surface area (Å²) < 4.78 is 14.3. The summed E-state index contributed by atoms with van der Waals surface area (Å²) in [5, 5.41) is 36.2. The Morgan fingerprint density at radius 3 is 1.20 bits per heavy atom. The molecule has 14 aromatic rings. The smallest absolute Gasteiger partial charge is 0.159 e. The summed E-state index contributed by atoms with van der Waals surface area (Å²) >= 11 is 0. The van der Waals surface area contributed by atoms with E-state index in [4.69, 9.17) is 8.83 Å². The first-order chi connectivity index (χ1) is 37.1. The van der Waals surface area contributed by atoms with E-state index in [1.807, 2.05) is 12.1 Å². The molecular weight excluding hydrogens is 929 g/mol. The van der Waals surface area contributed by atoms with Crippen LogP contribution in [0.1, 0.15) is 61.1 Å². The van der Waals surface area contributed by atoms with Gasteiger partial charge in [-0.05, 0) is 126 Å². The second-order valence-electron chi connectivity index (χ2n) is 21.8. The lowest BCUT2D eigenvalue weighted by molar-refractivity contribution is 0.624. The molecule has 0 saturated carbocycles. The van der Waals surface area contributed by atoms with Crippen LogP contribution in [0.15, 0.2) is 203 Å². The third-order valence-corrected chi connectivity index (χ3v) is 17.2. The highest BCUT2D eigenvalue weighted by Crippen LogP contribution is 2.60. The van der Waals surface area contributed by atoms with Gasteiger partial charge in [0.2, 0.25) is 0 Å². The predicted octanol–water partition coefficient (Wildman–Crippen LogP) is 19.2. The molecule has 6 heteroatoms. The van der Waals surface area contributed by atoms with Gasteiger partial charge in [-0.3, -0.25) is 0 Å². The second-order valence-corrected chi connectivity index (χ2v) is 21.8. The van der Waals surface area contributed by atoms with Crippen LogP contribution in [0.25, 0.3) is 97.7 Å². The fourth-order valence-electron chi connectivity index (χ4n) is 13.6. The molecule has 0 bridgehead atoms. The summed E-state index contributed by atoms with van der Waals surface area (Å²) in [7, 11) is 0. The van der Waals surface area contributed by atoms with Crippen LogP contribution >= 0.6 is 0 Å². The van der Waals surface area contributed by atoms with Crippen LogP contribution in [-0.2, 0) is 10.8 Å². The largest absolute Gasteiger partial charge is 0.454 e. The van der Waals surface area contributed by atoms with Gasteiger partial charge in [-0.25, -0.2) is 0 Å². The Balaban J connectivity index is 1.04. The molecule has 0 atom stereocenters. The highest BCUT2D eigenvalue weighted by atomic mass is 16.3. The Kier molecular flexibility index (Phi) is 8.34. The number of anilines is 6. The van der Waals surface area contributed by atoms with Crippen LogP contribution < -0.4 is 9.80 Å². The molecule has 0 fully saturated rings. The van der Waals surface area contributed by atoms with E-state index in [1.54, 1.807) is 0 Å². The Labute approximate surface area is 437 Å². The van der Waals surface area contributed by atoms with Gasteiger partial charge in [-0.15, -0.1) is 0 Å². The molecule has 0 N–H and O–H groups in total. The Morgan fingerprint density at radius 2 is 0.750 bits per heavy atom. The standard InChI is InChI=1S/C70H44N4O2/c1-69(2)53-17-9-11-19-57(53)73(65-55(69)29-27-47-63-43-15-7-5-13-41(43)23-31-61(63)75-67(47)65)59-35-49-46-26-22-40(38-72)34-52(46)60(36-50(49)45-25-21-39(37-71)33-51(45)59)74-58-20-12-10-18-54(58)70(3,4)56-30-28-48-64-44-16-8-6-14-42(44)24-32-62(64)76-68(48)66(56)74/h5-36H,1-4H3. The molecule has 0 radical (unpaired) electrons. The number of hydrogen-bond acceptors (Lipinski definition) is 6. The van der Waals surface area contributed by atoms with Crippen molar-refractivity contribution in [3.63, 3.8) is 0 Å². The first-order valence-electron chi connectivity index (χ1n) is 25.9. The molecule has 6 nitrogen and oxygen atoms in total. The minimum atomic E-state index is -0.397. The predicted molar refractivity (Wildman–Crippen MR) is 312 cm³/mol. The van der Waals surface area contributed by atoms with Gasteiger partial charge < -0.3 is 18.6 Å². The monoisotopic (exact) mass is 972 g/mol. The van der Waals surface area contributed by atoms with Gasteiger partial charge in [0.25, 0.3) is 0 Å². The van der Waals surface area contributed by atoms with Crippen molar-refractivity contribution < 1.29 is 8.83 Å². The molecule has 76 heavy (non-hydrogen) atoms. The van der Waals surface area contributed by atoms with Crippen molar-refractivity contribution >= 4 is 132 Å². The van der Waals surface area contributed by atoms with Crippen molar-refractivity contribution in [1.82, 2.24) is 0 Å². The van der Waals surface area contributed by atoms with E-state index in [0.29, 0.717) is 11.1 Å². The number of nitriles is 2. The Bertz CT molecular complexity index is 4740. The summed E-state index contributed by atoms with van der Waals surface area (Å²) in [5.41, 5.74) is 14.1. The fraction of sp³-hybridized carbons (Fsp3) is 0.0857. The zero-order valence-electron chi connectivity index (χ0n) is 42.1. The van der Waals surface area contributed by atoms with E-state index >= 15 is 0 Å². The first kappa shape index (κ1) is 42.6. The lowest BCUT2D eigenvalue weighted by Gasteiger charge is -2.42. The second kappa shape index (κ2) is 14.9.